The van der Waals surface area contributed by atoms with Gasteiger partial charge >= 0.3 is 6.01 Å². The van der Waals surface area contributed by atoms with Crippen molar-refractivity contribution in [3.8, 4) is 6.01 Å². The van der Waals surface area contributed by atoms with Gasteiger partial charge in [-0.15, -0.1) is 11.3 Å². The van der Waals surface area contributed by atoms with Gasteiger partial charge in [-0.3, -0.25) is 9.69 Å². The molecule has 3 atom stereocenters. The number of carbonyl (C=O) groups is 1. The minimum absolute atomic E-state index is 0.0259. The van der Waals surface area contributed by atoms with Crippen molar-refractivity contribution < 1.29 is 13.9 Å². The van der Waals surface area contributed by atoms with E-state index in [2.05, 4.69) is 26.8 Å². The number of rotatable bonds is 4. The van der Waals surface area contributed by atoms with Crippen molar-refractivity contribution in [2.75, 3.05) is 6.54 Å². The Morgan fingerprint density at radius 3 is 2.91 bits per heavy atom. The normalized spacial score (nSPS) is 21.8. The van der Waals surface area contributed by atoms with Crippen LogP contribution in [0.2, 0.25) is 0 Å². The lowest BCUT2D eigenvalue weighted by Crippen LogP contribution is -2.32. The van der Waals surface area contributed by atoms with E-state index in [9.17, 15) is 9.18 Å². The van der Waals surface area contributed by atoms with Crippen molar-refractivity contribution in [1.82, 2.24) is 24.8 Å². The van der Waals surface area contributed by atoms with Crippen molar-refractivity contribution in [3.05, 3.63) is 46.0 Å². The van der Waals surface area contributed by atoms with Crippen molar-refractivity contribution in [2.45, 2.75) is 65.4 Å². The maximum atomic E-state index is 14.9. The van der Waals surface area contributed by atoms with Crippen LogP contribution in [0.4, 0.5) is 4.39 Å². The number of nitrogens with zero attached hydrogens (tertiary/aromatic N) is 5. The van der Waals surface area contributed by atoms with Crippen molar-refractivity contribution in [1.29, 1.82) is 0 Å². The van der Waals surface area contributed by atoms with Crippen molar-refractivity contribution >= 4 is 27.5 Å². The highest BCUT2D eigenvalue weighted by Crippen LogP contribution is 2.34. The second-order valence-electron chi connectivity index (χ2n) is 8.77. The number of fused-ring (bicyclic) bond motifs is 2. The Morgan fingerprint density at radius 1 is 1.31 bits per heavy atom. The maximum absolute atomic E-state index is 14.9. The summed E-state index contributed by atoms with van der Waals surface area (Å²) in [6.07, 6.45) is 2.48. The Hall–Kier alpha value is -2.65. The molecule has 1 fully saturated rings. The summed E-state index contributed by atoms with van der Waals surface area (Å²) >= 11 is 1.51. The van der Waals surface area contributed by atoms with Gasteiger partial charge in [0.1, 0.15) is 11.9 Å². The number of aromatic nitrogens is 3. The molecule has 5 rings (SSSR count). The lowest BCUT2D eigenvalue weighted by Gasteiger charge is -2.28. The molecule has 1 saturated heterocycles. The monoisotopic (exact) mass is 455 g/mol. The number of carbonyl (C=O) groups excluding carboxylic acids is 1. The Kier molecular flexibility index (Phi) is 5.33. The van der Waals surface area contributed by atoms with Gasteiger partial charge in [0.15, 0.2) is 0 Å². The lowest BCUT2D eigenvalue weighted by molar-refractivity contribution is -0.129. The van der Waals surface area contributed by atoms with Crippen LogP contribution in [0.5, 0.6) is 6.01 Å². The zero-order valence-electron chi connectivity index (χ0n) is 18.6. The van der Waals surface area contributed by atoms with Crippen LogP contribution in [0.3, 0.4) is 0 Å². The molecule has 0 saturated carbocycles. The summed E-state index contributed by atoms with van der Waals surface area (Å²) in [5, 5.41) is 0.938. The molecule has 1 amide bonds. The molecular formula is C23H26FN5O2S. The number of aryl methyl sites for hydroxylation is 1. The number of amides is 1. The fourth-order valence-corrected chi connectivity index (χ4v) is 5.61. The van der Waals surface area contributed by atoms with Gasteiger partial charge in [-0.2, -0.15) is 4.98 Å². The molecule has 0 radical (unpaired) electrons. The average molecular weight is 456 g/mol. The molecule has 32 heavy (non-hydrogen) atoms. The van der Waals surface area contributed by atoms with Gasteiger partial charge in [0, 0.05) is 55.8 Å². The number of hydrogen-bond acceptors (Lipinski definition) is 7. The third-order valence-corrected chi connectivity index (χ3v) is 7.43. The molecule has 0 spiro atoms. The topological polar surface area (TPSA) is 71.5 Å². The number of benzene rings is 1. The van der Waals surface area contributed by atoms with Crippen LogP contribution >= 0.6 is 11.3 Å². The molecule has 2 aliphatic rings. The highest BCUT2D eigenvalue weighted by atomic mass is 32.1. The highest BCUT2D eigenvalue weighted by Gasteiger charge is 2.35. The molecule has 4 heterocycles. The minimum Gasteiger partial charge on any atom is -0.459 e. The van der Waals surface area contributed by atoms with E-state index in [1.807, 2.05) is 19.9 Å². The number of thiazole rings is 1. The van der Waals surface area contributed by atoms with E-state index >= 15 is 0 Å². The summed E-state index contributed by atoms with van der Waals surface area (Å²) in [5.74, 6) is -0.167. The summed E-state index contributed by atoms with van der Waals surface area (Å²) < 4.78 is 21.9. The number of hydrogen-bond donors (Lipinski definition) is 0. The van der Waals surface area contributed by atoms with Gasteiger partial charge in [0.05, 0.1) is 27.5 Å². The molecule has 0 aliphatic carbocycles. The maximum Gasteiger partial charge on any atom is 0.316 e. The van der Waals surface area contributed by atoms with Gasteiger partial charge in [-0.05, 0) is 32.9 Å². The van der Waals surface area contributed by atoms with Crippen LogP contribution in [0.1, 0.15) is 55.1 Å². The van der Waals surface area contributed by atoms with Gasteiger partial charge in [0.2, 0.25) is 5.91 Å². The second kappa shape index (κ2) is 8.04. The molecule has 3 aromatic rings. The third kappa shape index (κ3) is 3.84. The van der Waals surface area contributed by atoms with Gasteiger partial charge in [0.25, 0.3) is 0 Å². The molecule has 0 N–H and O–H groups in total. The van der Waals surface area contributed by atoms with Crippen molar-refractivity contribution in [3.63, 3.8) is 0 Å². The lowest BCUT2D eigenvalue weighted by atomic mass is 10.0. The van der Waals surface area contributed by atoms with E-state index < -0.39 is 0 Å². The first-order valence-corrected chi connectivity index (χ1v) is 11.7. The molecular weight excluding hydrogens is 429 g/mol. The average Bonchev–Trinajstić information content (AvgIpc) is 3.42. The Labute approximate surface area is 190 Å². The van der Waals surface area contributed by atoms with E-state index in [4.69, 9.17) is 4.74 Å². The van der Waals surface area contributed by atoms with Crippen LogP contribution in [0.25, 0.3) is 10.2 Å². The largest absolute Gasteiger partial charge is 0.459 e. The summed E-state index contributed by atoms with van der Waals surface area (Å²) in [5.41, 5.74) is 3.32. The smallest absolute Gasteiger partial charge is 0.316 e. The first kappa shape index (κ1) is 21.2. The predicted octanol–water partition coefficient (Wildman–Crippen LogP) is 4.00. The van der Waals surface area contributed by atoms with E-state index in [0.29, 0.717) is 31.2 Å². The Bertz CT molecular complexity index is 1200. The molecule has 2 aromatic heterocycles. The molecule has 7 nitrogen and oxygen atoms in total. The fourth-order valence-electron chi connectivity index (χ4n) is 4.77. The number of ether oxygens (including phenoxy) is 1. The Morgan fingerprint density at radius 2 is 2.12 bits per heavy atom. The second-order valence-corrected chi connectivity index (χ2v) is 10.0. The van der Waals surface area contributed by atoms with Crippen LogP contribution in [0, 0.1) is 12.7 Å². The zero-order valence-corrected chi connectivity index (χ0v) is 19.4. The predicted molar refractivity (Wildman–Crippen MR) is 120 cm³/mol. The van der Waals surface area contributed by atoms with Crippen LogP contribution in [-0.4, -0.2) is 49.3 Å². The summed E-state index contributed by atoms with van der Waals surface area (Å²) in [7, 11) is 0. The number of likely N-dealkylation sites (tertiary alicyclic amines) is 1. The van der Waals surface area contributed by atoms with Crippen LogP contribution in [0.15, 0.2) is 18.3 Å². The molecule has 9 heteroatoms. The van der Waals surface area contributed by atoms with E-state index in [-0.39, 0.29) is 29.9 Å². The Balaban J connectivity index is 1.30. The van der Waals surface area contributed by atoms with Crippen molar-refractivity contribution in [2.24, 2.45) is 0 Å². The van der Waals surface area contributed by atoms with E-state index in [1.165, 1.54) is 11.3 Å². The zero-order chi connectivity index (χ0) is 22.6. The minimum atomic E-state index is -0.192. The fraction of sp³-hybridized carbons (Fsp3) is 0.478. The molecule has 0 bridgehead atoms. The van der Waals surface area contributed by atoms with E-state index in [0.717, 1.165) is 32.9 Å². The van der Waals surface area contributed by atoms with Gasteiger partial charge in [-0.1, -0.05) is 0 Å². The summed E-state index contributed by atoms with van der Waals surface area (Å²) in [4.78, 5) is 29.1. The highest BCUT2D eigenvalue weighted by molar-refractivity contribution is 7.18. The summed E-state index contributed by atoms with van der Waals surface area (Å²) in [6, 6.07) is 3.94. The first-order valence-electron chi connectivity index (χ1n) is 10.9. The van der Waals surface area contributed by atoms with Crippen LogP contribution < -0.4 is 4.74 Å². The van der Waals surface area contributed by atoms with Gasteiger partial charge < -0.3 is 9.64 Å². The van der Waals surface area contributed by atoms with Gasteiger partial charge in [-0.25, -0.2) is 14.4 Å². The molecule has 2 aliphatic heterocycles. The van der Waals surface area contributed by atoms with Crippen LogP contribution in [-0.2, 0) is 17.9 Å². The molecule has 0 unspecified atom stereocenters. The van der Waals surface area contributed by atoms with E-state index in [1.54, 1.807) is 24.1 Å². The first-order chi connectivity index (χ1) is 15.3. The number of halogens is 1. The summed E-state index contributed by atoms with van der Waals surface area (Å²) in [6.45, 7) is 9.37. The SMILES string of the molecule is CC(=O)N1Cc2cnc(O[C@@H]3C[C@H](C)N([C@@H](C)c4cc5nc(C)sc5cc4F)C3)nc2C1. The third-order valence-electron chi connectivity index (χ3n) is 6.50. The molecule has 168 valence electrons. The molecule has 1 aromatic carbocycles. The standard InChI is InChI=1S/C23H26FN5O2S/c1-12-5-17(31-23-25-8-16-9-28(15(4)30)11-21(16)27-23)10-29(12)13(2)18-6-20-22(7-19(18)24)32-14(3)26-20/h6-8,12-13,17H,5,9-11H2,1-4H3/t12-,13-,17+/m0/s1. The quantitative estimate of drug-likeness (QED) is 0.592.